The van der Waals surface area contributed by atoms with Crippen molar-refractivity contribution in [2.45, 2.75) is 6.54 Å². The zero-order valence-electron chi connectivity index (χ0n) is 9.55. The van der Waals surface area contributed by atoms with Crippen molar-refractivity contribution >= 4 is 24.7 Å². The molecule has 0 aliphatic heterocycles. The van der Waals surface area contributed by atoms with Crippen LogP contribution in [0.5, 0.6) is 0 Å². The first-order chi connectivity index (χ1) is 8.09. The molecule has 4 N–H and O–H groups in total. The summed E-state index contributed by atoms with van der Waals surface area (Å²) in [5.41, 5.74) is 6.21. The van der Waals surface area contributed by atoms with Gasteiger partial charge in [-0.3, -0.25) is 4.31 Å². The van der Waals surface area contributed by atoms with E-state index in [1.54, 1.807) is 19.2 Å². The minimum atomic E-state index is -0.234. The molecule has 0 unspecified atom stereocenters. The van der Waals surface area contributed by atoms with Gasteiger partial charge >= 0.3 is 6.03 Å². The summed E-state index contributed by atoms with van der Waals surface area (Å²) in [6, 6.07) is 3.26. The second-order valence-corrected chi connectivity index (χ2v) is 3.98. The average Bonchev–Trinajstić information content (AvgIpc) is 2.30. The van der Waals surface area contributed by atoms with Gasteiger partial charge in [-0.1, -0.05) is 12.8 Å². The highest BCUT2D eigenvalue weighted by molar-refractivity contribution is 7.78. The molecule has 0 saturated heterocycles. The van der Waals surface area contributed by atoms with Crippen LogP contribution in [0.3, 0.4) is 0 Å². The van der Waals surface area contributed by atoms with Crippen LogP contribution in [0.2, 0.25) is 0 Å². The monoisotopic (exact) mass is 256 g/mol. The smallest absolute Gasteiger partial charge is 0.326 e. The molecule has 2 amide bonds. The van der Waals surface area contributed by atoms with E-state index in [9.17, 15) is 4.79 Å². The molecule has 0 radical (unpaired) electrons. The van der Waals surface area contributed by atoms with Crippen molar-refractivity contribution in [3.8, 4) is 0 Å². The Hall–Kier alpha value is -1.54. The standard InChI is InChI=1S/C9H16N6OS/c1-15(17)9(16)12-5-4-11-6-7-2-3-8(10)14-13-7/h2-3,11,17H,4-6H2,1H3,(H2,10,14)(H,12,16). The Kier molecular flexibility index (Phi) is 5.50. The molecule has 0 spiro atoms. The number of hydrogen-bond acceptors (Lipinski definition) is 6. The fourth-order valence-corrected chi connectivity index (χ4v) is 1.12. The minimum Gasteiger partial charge on any atom is -0.382 e. The molecule has 8 heteroatoms. The van der Waals surface area contributed by atoms with Crippen molar-refractivity contribution in [2.75, 3.05) is 25.9 Å². The van der Waals surface area contributed by atoms with E-state index in [1.807, 2.05) is 0 Å². The first kappa shape index (κ1) is 13.5. The molecular formula is C9H16N6OS. The summed E-state index contributed by atoms with van der Waals surface area (Å²) < 4.78 is 1.19. The summed E-state index contributed by atoms with van der Waals surface area (Å²) in [7, 11) is 1.57. The molecule has 94 valence electrons. The summed E-state index contributed by atoms with van der Waals surface area (Å²) in [4.78, 5) is 11.1. The topological polar surface area (TPSA) is 96.2 Å². The third-order valence-corrected chi connectivity index (χ3v) is 2.10. The molecule has 17 heavy (non-hydrogen) atoms. The summed E-state index contributed by atoms with van der Waals surface area (Å²) >= 11 is 3.86. The van der Waals surface area contributed by atoms with Crippen LogP contribution in [-0.4, -0.2) is 40.7 Å². The van der Waals surface area contributed by atoms with Crippen LogP contribution in [0.4, 0.5) is 10.6 Å². The molecule has 0 aromatic carbocycles. The van der Waals surface area contributed by atoms with Crippen molar-refractivity contribution in [2.24, 2.45) is 0 Å². The van der Waals surface area contributed by atoms with Gasteiger partial charge in [0.1, 0.15) is 5.82 Å². The molecule has 1 heterocycles. The second-order valence-electron chi connectivity index (χ2n) is 3.38. The van der Waals surface area contributed by atoms with Crippen LogP contribution >= 0.6 is 12.8 Å². The summed E-state index contributed by atoms with van der Waals surface area (Å²) in [5, 5.41) is 13.4. The number of anilines is 1. The SMILES string of the molecule is CN(S)C(=O)NCCNCc1ccc(N)nn1. The number of hydrogen-bond donors (Lipinski definition) is 4. The number of rotatable bonds is 5. The van der Waals surface area contributed by atoms with Gasteiger partial charge in [0, 0.05) is 26.7 Å². The lowest BCUT2D eigenvalue weighted by Crippen LogP contribution is -2.36. The van der Waals surface area contributed by atoms with Gasteiger partial charge in [0.2, 0.25) is 0 Å². The van der Waals surface area contributed by atoms with Crippen molar-refractivity contribution in [1.29, 1.82) is 0 Å². The van der Waals surface area contributed by atoms with E-state index < -0.39 is 0 Å². The molecule has 0 atom stereocenters. The van der Waals surface area contributed by atoms with Crippen LogP contribution in [0.1, 0.15) is 5.69 Å². The fraction of sp³-hybridized carbons (Fsp3) is 0.444. The Morgan fingerprint density at radius 2 is 2.24 bits per heavy atom. The van der Waals surface area contributed by atoms with Crippen molar-refractivity contribution in [3.05, 3.63) is 17.8 Å². The van der Waals surface area contributed by atoms with Crippen molar-refractivity contribution in [3.63, 3.8) is 0 Å². The number of aromatic nitrogens is 2. The number of nitrogens with two attached hydrogens (primary N) is 1. The predicted octanol–water partition coefficient (Wildman–Crippen LogP) is -0.365. The third kappa shape index (κ3) is 5.36. The van der Waals surface area contributed by atoms with E-state index in [0.717, 1.165) is 5.69 Å². The summed E-state index contributed by atoms with van der Waals surface area (Å²) in [6.07, 6.45) is 0. The molecule has 0 aliphatic rings. The van der Waals surface area contributed by atoms with E-state index in [0.29, 0.717) is 25.5 Å². The molecule has 0 saturated carbocycles. The van der Waals surface area contributed by atoms with Gasteiger partial charge in [-0.05, 0) is 12.1 Å². The maximum Gasteiger partial charge on any atom is 0.326 e. The Labute approximate surface area is 105 Å². The number of nitrogen functional groups attached to an aromatic ring is 1. The van der Waals surface area contributed by atoms with Crippen LogP contribution < -0.4 is 16.4 Å². The Balaban J connectivity index is 2.12. The van der Waals surface area contributed by atoms with E-state index in [-0.39, 0.29) is 6.03 Å². The third-order valence-electron chi connectivity index (χ3n) is 1.92. The summed E-state index contributed by atoms with van der Waals surface area (Å²) in [5.74, 6) is 0.401. The van der Waals surface area contributed by atoms with Crippen LogP contribution in [0.15, 0.2) is 12.1 Å². The van der Waals surface area contributed by atoms with Gasteiger partial charge in [0.25, 0.3) is 0 Å². The highest BCUT2D eigenvalue weighted by Gasteiger charge is 2.01. The molecule has 1 rings (SSSR count). The number of carbonyl (C=O) groups is 1. The van der Waals surface area contributed by atoms with Crippen molar-refractivity contribution < 1.29 is 4.79 Å². The van der Waals surface area contributed by atoms with E-state index in [2.05, 4.69) is 33.6 Å². The molecule has 0 aliphatic carbocycles. The number of nitrogens with zero attached hydrogens (tertiary/aromatic N) is 3. The van der Waals surface area contributed by atoms with Crippen molar-refractivity contribution in [1.82, 2.24) is 25.1 Å². The molecule has 1 aromatic rings. The predicted molar refractivity (Wildman–Crippen MR) is 68.3 cm³/mol. The first-order valence-electron chi connectivity index (χ1n) is 5.09. The van der Waals surface area contributed by atoms with E-state index >= 15 is 0 Å². The van der Waals surface area contributed by atoms with Crippen LogP contribution in [0.25, 0.3) is 0 Å². The highest BCUT2D eigenvalue weighted by Crippen LogP contribution is 1.95. The van der Waals surface area contributed by atoms with Gasteiger partial charge in [-0.15, -0.1) is 5.10 Å². The van der Waals surface area contributed by atoms with Gasteiger partial charge in [-0.2, -0.15) is 5.10 Å². The molecule has 1 aromatic heterocycles. The molecule has 7 nitrogen and oxygen atoms in total. The molecule has 0 bridgehead atoms. The lowest BCUT2D eigenvalue weighted by Gasteiger charge is -2.10. The first-order valence-corrected chi connectivity index (χ1v) is 5.49. The zero-order valence-corrected chi connectivity index (χ0v) is 10.4. The Bertz CT molecular complexity index is 355. The van der Waals surface area contributed by atoms with Gasteiger partial charge in [0.05, 0.1) is 5.69 Å². The maximum absolute atomic E-state index is 11.1. The summed E-state index contributed by atoms with van der Waals surface area (Å²) in [6.45, 7) is 1.74. The quantitative estimate of drug-likeness (QED) is 0.426. The number of carbonyl (C=O) groups excluding carboxylic acids is 1. The minimum absolute atomic E-state index is 0.234. The van der Waals surface area contributed by atoms with Gasteiger partial charge in [-0.25, -0.2) is 4.79 Å². The number of amides is 2. The number of urea groups is 1. The normalized spacial score (nSPS) is 10.0. The highest BCUT2D eigenvalue weighted by atomic mass is 32.1. The van der Waals surface area contributed by atoms with E-state index in [4.69, 9.17) is 5.73 Å². The molecule has 0 fully saturated rings. The largest absolute Gasteiger partial charge is 0.382 e. The Morgan fingerprint density at radius 3 is 2.82 bits per heavy atom. The van der Waals surface area contributed by atoms with Gasteiger partial charge < -0.3 is 16.4 Å². The lowest BCUT2D eigenvalue weighted by molar-refractivity contribution is 0.231. The number of nitrogens with one attached hydrogen (secondary N) is 2. The Morgan fingerprint density at radius 1 is 1.47 bits per heavy atom. The lowest BCUT2D eigenvalue weighted by atomic mass is 10.4. The number of thiol groups is 1. The van der Waals surface area contributed by atoms with Crippen LogP contribution in [0, 0.1) is 0 Å². The van der Waals surface area contributed by atoms with Crippen LogP contribution in [-0.2, 0) is 6.54 Å². The van der Waals surface area contributed by atoms with E-state index in [1.165, 1.54) is 4.31 Å². The van der Waals surface area contributed by atoms with Gasteiger partial charge in [0.15, 0.2) is 0 Å². The maximum atomic E-state index is 11.1. The molecular weight excluding hydrogens is 240 g/mol. The average molecular weight is 256 g/mol. The fourth-order valence-electron chi connectivity index (χ4n) is 1.05. The second kappa shape index (κ2) is 6.92. The zero-order chi connectivity index (χ0) is 12.7.